The number of aromatic nitrogens is 2. The first kappa shape index (κ1) is 17.7. The SMILES string of the molecule is Cc1ccc(Cl)c(S(=O)(=O)N=C([O-])c2cn3cc(C)cc(Cl)c3n2)c1. The molecule has 0 fully saturated rings. The average Bonchev–Trinajstić information content (AvgIpc) is 2.93. The van der Waals surface area contributed by atoms with Gasteiger partial charge in [-0.3, -0.25) is 0 Å². The summed E-state index contributed by atoms with van der Waals surface area (Å²) in [5.41, 5.74) is 1.77. The smallest absolute Gasteiger partial charge is 0.283 e. The van der Waals surface area contributed by atoms with Gasteiger partial charge < -0.3 is 9.51 Å². The predicted octanol–water partition coefficient (Wildman–Crippen LogP) is 2.75. The molecular weight excluding hydrogens is 385 g/mol. The fourth-order valence-electron chi connectivity index (χ4n) is 2.31. The van der Waals surface area contributed by atoms with Crippen LogP contribution in [-0.4, -0.2) is 23.7 Å². The third-order valence-corrected chi connectivity index (χ3v) is 5.45. The molecule has 0 aliphatic rings. The molecule has 3 aromatic rings. The standard InChI is InChI=1S/C16H13Cl2N3O3S/c1-9-3-4-11(17)14(6-9)25(23,24)20-16(22)13-8-21-7-10(2)5-12(18)15(21)19-13/h3-8H,1-2H3,(H,20,22)/p-1. The van der Waals surface area contributed by atoms with Crippen molar-refractivity contribution in [3.63, 3.8) is 0 Å². The van der Waals surface area contributed by atoms with Gasteiger partial charge in [-0.05, 0) is 43.2 Å². The van der Waals surface area contributed by atoms with E-state index in [-0.39, 0.29) is 15.6 Å². The number of halogens is 2. The monoisotopic (exact) mass is 396 g/mol. The van der Waals surface area contributed by atoms with Gasteiger partial charge in [-0.1, -0.05) is 29.3 Å². The number of hydrogen-bond acceptors (Lipinski definition) is 4. The molecule has 130 valence electrons. The molecule has 0 atom stereocenters. The molecule has 0 spiro atoms. The maximum atomic E-state index is 12.4. The molecule has 0 aliphatic heterocycles. The number of hydrogen-bond donors (Lipinski definition) is 0. The van der Waals surface area contributed by atoms with Crippen molar-refractivity contribution in [2.24, 2.45) is 4.40 Å². The van der Waals surface area contributed by atoms with E-state index in [1.807, 2.05) is 6.92 Å². The van der Waals surface area contributed by atoms with Crippen molar-refractivity contribution in [3.8, 4) is 0 Å². The second-order valence-electron chi connectivity index (χ2n) is 5.53. The summed E-state index contributed by atoms with van der Waals surface area (Å²) >= 11 is 12.0. The van der Waals surface area contributed by atoms with Crippen LogP contribution in [0.4, 0.5) is 0 Å². The van der Waals surface area contributed by atoms with Crippen molar-refractivity contribution in [2.75, 3.05) is 0 Å². The molecular formula is C16H12Cl2N3O3S-. The summed E-state index contributed by atoms with van der Waals surface area (Å²) in [5, 5.41) is 12.6. The Balaban J connectivity index is 2.09. The van der Waals surface area contributed by atoms with Crippen LogP contribution in [0.1, 0.15) is 16.8 Å². The molecule has 25 heavy (non-hydrogen) atoms. The molecule has 0 saturated heterocycles. The van der Waals surface area contributed by atoms with Gasteiger partial charge in [0.05, 0.1) is 15.7 Å². The van der Waals surface area contributed by atoms with E-state index in [2.05, 4.69) is 9.38 Å². The summed E-state index contributed by atoms with van der Waals surface area (Å²) in [6.45, 7) is 3.55. The number of nitrogens with zero attached hydrogens (tertiary/aromatic N) is 3. The van der Waals surface area contributed by atoms with Crippen LogP contribution in [-0.2, 0) is 10.0 Å². The molecule has 6 nitrogen and oxygen atoms in total. The van der Waals surface area contributed by atoms with Crippen LogP contribution < -0.4 is 5.11 Å². The molecule has 2 heterocycles. The van der Waals surface area contributed by atoms with E-state index < -0.39 is 15.9 Å². The highest BCUT2D eigenvalue weighted by molar-refractivity contribution is 7.90. The van der Waals surface area contributed by atoms with Gasteiger partial charge in [0, 0.05) is 18.3 Å². The topological polar surface area (TPSA) is 86.9 Å². The van der Waals surface area contributed by atoms with Crippen molar-refractivity contribution < 1.29 is 13.5 Å². The van der Waals surface area contributed by atoms with Crippen molar-refractivity contribution >= 4 is 44.8 Å². The fourth-order valence-corrected chi connectivity index (χ4v) is 4.09. The third-order valence-electron chi connectivity index (χ3n) is 3.43. The molecule has 0 bridgehead atoms. The van der Waals surface area contributed by atoms with Gasteiger partial charge in [-0.25, -0.2) is 4.98 Å². The normalized spacial score (nSPS) is 12.7. The summed E-state index contributed by atoms with van der Waals surface area (Å²) in [6, 6.07) is 6.16. The molecule has 2 aromatic heterocycles. The zero-order valence-corrected chi connectivity index (χ0v) is 15.5. The van der Waals surface area contributed by atoms with Gasteiger partial charge in [-0.2, -0.15) is 12.8 Å². The van der Waals surface area contributed by atoms with Crippen LogP contribution in [0.15, 0.2) is 46.0 Å². The van der Waals surface area contributed by atoms with Gasteiger partial charge in [-0.15, -0.1) is 0 Å². The molecule has 9 heteroatoms. The van der Waals surface area contributed by atoms with E-state index in [4.69, 9.17) is 23.2 Å². The molecule has 0 radical (unpaired) electrons. The number of imidazole rings is 1. The molecule has 0 N–H and O–H groups in total. The average molecular weight is 397 g/mol. The highest BCUT2D eigenvalue weighted by Crippen LogP contribution is 2.25. The first-order valence-corrected chi connectivity index (χ1v) is 9.30. The lowest BCUT2D eigenvalue weighted by atomic mass is 10.2. The van der Waals surface area contributed by atoms with E-state index in [0.717, 1.165) is 5.56 Å². The van der Waals surface area contributed by atoms with Crippen LogP contribution in [0.2, 0.25) is 10.0 Å². The molecule has 1 aromatic carbocycles. The number of rotatable bonds is 3. The van der Waals surface area contributed by atoms with Crippen molar-refractivity contribution in [1.29, 1.82) is 0 Å². The van der Waals surface area contributed by atoms with Gasteiger partial charge in [0.25, 0.3) is 10.0 Å². The molecule has 0 unspecified atom stereocenters. The molecule has 0 saturated carbocycles. The first-order valence-electron chi connectivity index (χ1n) is 7.11. The Hall–Kier alpha value is -2.09. The minimum Gasteiger partial charge on any atom is -0.856 e. The number of benzene rings is 1. The summed E-state index contributed by atoms with van der Waals surface area (Å²) in [7, 11) is -4.26. The number of fused-ring (bicyclic) bond motifs is 1. The Morgan fingerprint density at radius 3 is 2.56 bits per heavy atom. The highest BCUT2D eigenvalue weighted by atomic mass is 35.5. The number of aryl methyl sites for hydroxylation is 2. The summed E-state index contributed by atoms with van der Waals surface area (Å²) in [4.78, 5) is 3.84. The lowest BCUT2D eigenvalue weighted by Crippen LogP contribution is -2.21. The van der Waals surface area contributed by atoms with Crippen molar-refractivity contribution in [2.45, 2.75) is 18.7 Å². The molecule has 3 rings (SSSR count). The Labute approximate surface area is 154 Å². The first-order chi connectivity index (χ1) is 11.7. The van der Waals surface area contributed by atoms with E-state index in [1.165, 1.54) is 18.3 Å². The van der Waals surface area contributed by atoms with Crippen LogP contribution in [0.5, 0.6) is 0 Å². The molecule has 0 aliphatic carbocycles. The minimum atomic E-state index is -4.26. The summed E-state index contributed by atoms with van der Waals surface area (Å²) in [6.07, 6.45) is 3.10. The highest BCUT2D eigenvalue weighted by Gasteiger charge is 2.18. The van der Waals surface area contributed by atoms with Gasteiger partial charge in [0.2, 0.25) is 0 Å². The largest absolute Gasteiger partial charge is 0.856 e. The summed E-state index contributed by atoms with van der Waals surface area (Å²) < 4.78 is 29.7. The number of sulfonamides is 1. The number of pyridine rings is 1. The Kier molecular flexibility index (Phi) is 4.49. The van der Waals surface area contributed by atoms with E-state index in [0.29, 0.717) is 16.2 Å². The van der Waals surface area contributed by atoms with Gasteiger partial charge >= 0.3 is 0 Å². The lowest BCUT2D eigenvalue weighted by molar-refractivity contribution is -0.212. The van der Waals surface area contributed by atoms with Crippen molar-refractivity contribution in [1.82, 2.24) is 9.38 Å². The Morgan fingerprint density at radius 1 is 1.12 bits per heavy atom. The summed E-state index contributed by atoms with van der Waals surface area (Å²) in [5.74, 6) is -0.991. The van der Waals surface area contributed by atoms with Crippen LogP contribution in [0.3, 0.4) is 0 Å². The zero-order chi connectivity index (χ0) is 18.4. The minimum absolute atomic E-state index is 0.00387. The van der Waals surface area contributed by atoms with Gasteiger partial charge in [0.1, 0.15) is 4.90 Å². The van der Waals surface area contributed by atoms with Crippen LogP contribution in [0, 0.1) is 13.8 Å². The fraction of sp³-hybridized carbons (Fsp3) is 0.125. The second-order valence-corrected chi connectivity index (χ2v) is 7.91. The molecule has 0 amide bonds. The maximum absolute atomic E-state index is 12.4. The van der Waals surface area contributed by atoms with Gasteiger partial charge in [0.15, 0.2) is 5.65 Å². The van der Waals surface area contributed by atoms with E-state index in [1.54, 1.807) is 29.7 Å². The maximum Gasteiger partial charge on any atom is 0.283 e. The Bertz CT molecular complexity index is 1120. The van der Waals surface area contributed by atoms with Crippen molar-refractivity contribution in [3.05, 3.63) is 63.5 Å². The lowest BCUT2D eigenvalue weighted by Gasteiger charge is -2.08. The van der Waals surface area contributed by atoms with E-state index in [9.17, 15) is 13.5 Å². The third kappa shape index (κ3) is 3.49. The zero-order valence-electron chi connectivity index (χ0n) is 13.2. The predicted molar refractivity (Wildman–Crippen MR) is 94.9 cm³/mol. The van der Waals surface area contributed by atoms with Crippen LogP contribution in [0.25, 0.3) is 5.65 Å². The quantitative estimate of drug-likeness (QED) is 0.502. The Morgan fingerprint density at radius 2 is 1.84 bits per heavy atom. The second kappa shape index (κ2) is 6.33. The van der Waals surface area contributed by atoms with E-state index >= 15 is 0 Å². The van der Waals surface area contributed by atoms with Crippen LogP contribution >= 0.6 is 23.2 Å².